The summed E-state index contributed by atoms with van der Waals surface area (Å²) < 4.78 is 0. The van der Waals surface area contributed by atoms with Gasteiger partial charge >= 0.3 is 0 Å². The molecule has 3 aromatic rings. The number of H-pyrrole nitrogens is 1. The number of nitrogens with zero attached hydrogens (tertiary/aromatic N) is 2. The molecular weight excluding hydrogens is 420 g/mol. The zero-order chi connectivity index (χ0) is 24.1. The average Bonchev–Trinajstić information content (AvgIpc) is 3.36. The van der Waals surface area contributed by atoms with Crippen LogP contribution < -0.4 is 5.73 Å². The van der Waals surface area contributed by atoms with Crippen LogP contribution in [0.3, 0.4) is 0 Å². The number of nitrogens with one attached hydrogen (secondary N) is 1. The molecule has 0 saturated carbocycles. The SMILES string of the molecule is C=C(C)/C=C\C(=C/C)C[C@H](N)C(=O)N1Cc2ccccc2C[C@H]1c1nc(-c2ccccc2)c[nH]1. The fraction of sp³-hybridized carbons (Fsp3) is 0.241. The van der Waals surface area contributed by atoms with Gasteiger partial charge in [-0.2, -0.15) is 0 Å². The van der Waals surface area contributed by atoms with Crippen LogP contribution in [-0.2, 0) is 17.8 Å². The van der Waals surface area contributed by atoms with Crippen LogP contribution in [-0.4, -0.2) is 26.8 Å². The Kier molecular flexibility index (Phi) is 7.24. The van der Waals surface area contributed by atoms with Crippen molar-refractivity contribution in [3.63, 3.8) is 0 Å². The van der Waals surface area contributed by atoms with E-state index in [-0.39, 0.29) is 11.9 Å². The largest absolute Gasteiger partial charge is 0.346 e. The molecule has 0 radical (unpaired) electrons. The van der Waals surface area contributed by atoms with E-state index >= 15 is 0 Å². The fourth-order valence-electron chi connectivity index (χ4n) is 4.35. The van der Waals surface area contributed by atoms with Crippen LogP contribution in [0.5, 0.6) is 0 Å². The summed E-state index contributed by atoms with van der Waals surface area (Å²) in [6.45, 7) is 8.33. The maximum Gasteiger partial charge on any atom is 0.240 e. The molecule has 0 unspecified atom stereocenters. The number of hydrogen-bond acceptors (Lipinski definition) is 3. The summed E-state index contributed by atoms with van der Waals surface area (Å²) in [5.74, 6) is 0.711. The molecule has 0 aliphatic carbocycles. The minimum atomic E-state index is -0.641. The summed E-state index contributed by atoms with van der Waals surface area (Å²) in [5, 5.41) is 0. The third kappa shape index (κ3) is 5.26. The topological polar surface area (TPSA) is 75.0 Å². The van der Waals surface area contributed by atoms with Gasteiger partial charge in [-0.1, -0.05) is 90.6 Å². The molecule has 4 rings (SSSR count). The first-order chi connectivity index (χ1) is 16.5. The summed E-state index contributed by atoms with van der Waals surface area (Å²) in [7, 11) is 0. The molecule has 0 spiro atoms. The number of benzene rings is 2. The quantitative estimate of drug-likeness (QED) is 0.465. The Labute approximate surface area is 201 Å². The Bertz CT molecular complexity index is 1220. The summed E-state index contributed by atoms with van der Waals surface area (Å²) in [6.07, 6.45) is 9.00. The van der Waals surface area contributed by atoms with Gasteiger partial charge in [-0.05, 0) is 31.4 Å². The lowest BCUT2D eigenvalue weighted by Crippen LogP contribution is -2.47. The fourth-order valence-corrected chi connectivity index (χ4v) is 4.35. The summed E-state index contributed by atoms with van der Waals surface area (Å²) in [5.41, 5.74) is 12.7. The molecule has 174 valence electrons. The number of amides is 1. The first-order valence-corrected chi connectivity index (χ1v) is 11.7. The van der Waals surface area contributed by atoms with Gasteiger partial charge in [0.25, 0.3) is 0 Å². The van der Waals surface area contributed by atoms with E-state index in [1.807, 2.05) is 85.6 Å². The Morgan fingerprint density at radius 2 is 1.88 bits per heavy atom. The molecule has 2 aromatic carbocycles. The van der Waals surface area contributed by atoms with E-state index in [2.05, 4.69) is 23.7 Å². The van der Waals surface area contributed by atoms with Crippen LogP contribution >= 0.6 is 0 Å². The van der Waals surface area contributed by atoms with E-state index in [1.54, 1.807) is 0 Å². The van der Waals surface area contributed by atoms with Gasteiger partial charge in [0.1, 0.15) is 5.82 Å². The molecule has 5 nitrogen and oxygen atoms in total. The Balaban J connectivity index is 1.61. The van der Waals surface area contributed by atoms with Gasteiger partial charge in [-0.3, -0.25) is 4.79 Å². The Morgan fingerprint density at radius 1 is 1.18 bits per heavy atom. The van der Waals surface area contributed by atoms with Crippen LogP contribution in [0.2, 0.25) is 0 Å². The Morgan fingerprint density at radius 3 is 2.59 bits per heavy atom. The van der Waals surface area contributed by atoms with E-state index in [0.29, 0.717) is 19.4 Å². The number of allylic oxidation sites excluding steroid dienone is 4. The minimum absolute atomic E-state index is 0.0692. The third-order valence-corrected chi connectivity index (χ3v) is 6.24. The molecule has 2 atom stereocenters. The summed E-state index contributed by atoms with van der Waals surface area (Å²) in [6, 6.07) is 17.5. The first-order valence-electron chi connectivity index (χ1n) is 11.7. The van der Waals surface area contributed by atoms with Crippen molar-refractivity contribution in [3.8, 4) is 11.3 Å². The molecule has 1 aliphatic rings. The van der Waals surface area contributed by atoms with Crippen molar-refractivity contribution in [1.29, 1.82) is 0 Å². The summed E-state index contributed by atoms with van der Waals surface area (Å²) in [4.78, 5) is 23.7. The lowest BCUT2D eigenvalue weighted by molar-refractivity contribution is -0.136. The lowest BCUT2D eigenvalue weighted by Gasteiger charge is -2.37. The molecule has 34 heavy (non-hydrogen) atoms. The van der Waals surface area contributed by atoms with Gasteiger partial charge in [-0.15, -0.1) is 0 Å². The second-order valence-electron chi connectivity index (χ2n) is 8.85. The van der Waals surface area contributed by atoms with Gasteiger partial charge in [0.05, 0.1) is 17.8 Å². The predicted octanol–water partition coefficient (Wildman–Crippen LogP) is 5.50. The number of nitrogens with two attached hydrogens (primary N) is 1. The maximum atomic E-state index is 13.6. The number of imidazole rings is 1. The van der Waals surface area contributed by atoms with Crippen molar-refractivity contribution in [2.24, 2.45) is 5.73 Å². The van der Waals surface area contributed by atoms with Crippen molar-refractivity contribution < 1.29 is 4.79 Å². The van der Waals surface area contributed by atoms with Gasteiger partial charge in [0.15, 0.2) is 0 Å². The molecule has 0 bridgehead atoms. The van der Waals surface area contributed by atoms with Gasteiger partial charge in [0, 0.05) is 24.7 Å². The van der Waals surface area contributed by atoms with Gasteiger partial charge in [0.2, 0.25) is 5.91 Å². The number of fused-ring (bicyclic) bond motifs is 1. The average molecular weight is 453 g/mol. The molecule has 1 aromatic heterocycles. The van der Waals surface area contributed by atoms with Crippen molar-refractivity contribution in [3.05, 3.63) is 114 Å². The van der Waals surface area contributed by atoms with E-state index in [1.165, 1.54) is 5.56 Å². The lowest BCUT2D eigenvalue weighted by atomic mass is 9.92. The van der Waals surface area contributed by atoms with Crippen LogP contribution in [0.4, 0.5) is 0 Å². The second-order valence-corrected chi connectivity index (χ2v) is 8.85. The zero-order valence-electron chi connectivity index (χ0n) is 19.9. The number of aromatic nitrogens is 2. The highest BCUT2D eigenvalue weighted by molar-refractivity contribution is 5.83. The van der Waals surface area contributed by atoms with Crippen LogP contribution in [0, 0.1) is 0 Å². The number of carbonyl (C=O) groups is 1. The molecule has 1 aliphatic heterocycles. The highest BCUT2D eigenvalue weighted by atomic mass is 16.2. The summed E-state index contributed by atoms with van der Waals surface area (Å²) >= 11 is 0. The highest BCUT2D eigenvalue weighted by Gasteiger charge is 2.35. The van der Waals surface area contributed by atoms with Crippen LogP contribution in [0.25, 0.3) is 11.3 Å². The maximum absolute atomic E-state index is 13.6. The second kappa shape index (κ2) is 10.5. The number of rotatable bonds is 7. The number of carbonyl (C=O) groups excluding carboxylic acids is 1. The predicted molar refractivity (Wildman–Crippen MR) is 138 cm³/mol. The standard InChI is InChI=1S/C29H32N4O/c1-4-21(15-14-20(2)3)16-25(30)29(34)33-19-24-13-9-8-12-23(24)17-27(33)28-31-18-26(32-28)22-10-6-5-7-11-22/h4-15,18,25,27H,2,16-17,19,30H2,1,3H3,(H,31,32)/b15-14-,21-4+/t25-,27-/m0/s1. The highest BCUT2D eigenvalue weighted by Crippen LogP contribution is 2.33. The molecule has 0 fully saturated rings. The number of aromatic amines is 1. The smallest absolute Gasteiger partial charge is 0.240 e. The Hall–Kier alpha value is -3.70. The van der Waals surface area contributed by atoms with E-state index in [9.17, 15) is 4.79 Å². The minimum Gasteiger partial charge on any atom is -0.346 e. The zero-order valence-corrected chi connectivity index (χ0v) is 19.9. The molecule has 5 heteroatoms. The number of hydrogen-bond donors (Lipinski definition) is 2. The monoisotopic (exact) mass is 452 g/mol. The van der Waals surface area contributed by atoms with Gasteiger partial charge < -0.3 is 15.6 Å². The molecule has 0 saturated heterocycles. The van der Waals surface area contributed by atoms with E-state index < -0.39 is 6.04 Å². The van der Waals surface area contributed by atoms with Crippen molar-refractivity contribution in [2.45, 2.75) is 45.3 Å². The van der Waals surface area contributed by atoms with Crippen molar-refractivity contribution in [1.82, 2.24) is 14.9 Å². The third-order valence-electron chi connectivity index (χ3n) is 6.24. The molecule has 1 amide bonds. The van der Waals surface area contributed by atoms with E-state index in [0.717, 1.165) is 33.8 Å². The van der Waals surface area contributed by atoms with Crippen molar-refractivity contribution >= 4 is 5.91 Å². The normalized spacial score (nSPS) is 17.0. The van der Waals surface area contributed by atoms with E-state index in [4.69, 9.17) is 10.7 Å². The molecular formula is C29H32N4O. The van der Waals surface area contributed by atoms with Gasteiger partial charge in [-0.25, -0.2) is 4.98 Å². The van der Waals surface area contributed by atoms with Crippen LogP contribution in [0.15, 0.2) is 96.7 Å². The molecule has 2 heterocycles. The van der Waals surface area contributed by atoms with Crippen molar-refractivity contribution in [2.75, 3.05) is 0 Å². The molecule has 3 N–H and O–H groups in total. The van der Waals surface area contributed by atoms with Crippen LogP contribution in [0.1, 0.15) is 43.3 Å². The first kappa shape index (κ1) is 23.5.